The Morgan fingerprint density at radius 1 is 1.28 bits per heavy atom. The fourth-order valence-corrected chi connectivity index (χ4v) is 3.61. The van der Waals surface area contributed by atoms with Crippen LogP contribution in [0.3, 0.4) is 0 Å². The summed E-state index contributed by atoms with van der Waals surface area (Å²) in [6.07, 6.45) is 1.14. The summed E-state index contributed by atoms with van der Waals surface area (Å²) >= 11 is 12.0. The molecule has 0 radical (unpaired) electrons. The monoisotopic (exact) mass is 522 g/mol. The van der Waals surface area contributed by atoms with Crippen LogP contribution in [-0.2, 0) is 16.6 Å². The Kier molecular flexibility index (Phi) is 10.0. The lowest BCUT2D eigenvalue weighted by Gasteiger charge is -2.29. The summed E-state index contributed by atoms with van der Waals surface area (Å²) in [5, 5.41) is 4.19. The van der Waals surface area contributed by atoms with Crippen LogP contribution in [-0.4, -0.2) is 51.7 Å². The fraction of sp³-hybridized carbons (Fsp3) is 0.533. The van der Waals surface area contributed by atoms with Crippen LogP contribution in [0.1, 0.15) is 19.4 Å². The average Bonchev–Trinajstić information content (AvgIpc) is 2.40. The first-order valence-corrected chi connectivity index (χ1v) is 9.93. The minimum Gasteiger partial charge on any atom is -0.354 e. The van der Waals surface area contributed by atoms with E-state index in [9.17, 15) is 8.42 Å². The number of hydrogen-bond donors (Lipinski definition) is 2. The predicted molar refractivity (Wildman–Crippen MR) is 117 cm³/mol. The molecule has 6 nitrogen and oxygen atoms in total. The molecular weight excluding hydrogens is 498 g/mol. The summed E-state index contributed by atoms with van der Waals surface area (Å²) in [6, 6.07) is 5.46. The zero-order valence-electron chi connectivity index (χ0n) is 14.9. The normalized spacial score (nSPS) is 12.5. The lowest BCUT2D eigenvalue weighted by Crippen LogP contribution is -2.53. The molecule has 0 aliphatic heterocycles. The van der Waals surface area contributed by atoms with Crippen LogP contribution in [0.5, 0.6) is 0 Å². The number of nitrogens with zero attached hydrogens (tertiary/aromatic N) is 2. The highest BCUT2D eigenvalue weighted by Crippen LogP contribution is 2.23. The first kappa shape index (κ1) is 24.7. The lowest BCUT2D eigenvalue weighted by molar-refractivity contribution is 0.422. The van der Waals surface area contributed by atoms with Crippen LogP contribution in [0.15, 0.2) is 23.2 Å². The molecule has 0 aliphatic carbocycles. The van der Waals surface area contributed by atoms with Crippen LogP contribution >= 0.6 is 47.2 Å². The Balaban J connectivity index is 0.00000576. The van der Waals surface area contributed by atoms with Gasteiger partial charge in [-0.05, 0) is 31.5 Å². The van der Waals surface area contributed by atoms with Gasteiger partial charge in [0.25, 0.3) is 0 Å². The molecule has 0 unspecified atom stereocenters. The maximum Gasteiger partial charge on any atom is 0.209 e. The molecule has 25 heavy (non-hydrogen) atoms. The average molecular weight is 523 g/mol. The van der Waals surface area contributed by atoms with E-state index < -0.39 is 15.6 Å². The second-order valence-electron chi connectivity index (χ2n) is 6.26. The Morgan fingerprint density at radius 2 is 1.88 bits per heavy atom. The van der Waals surface area contributed by atoms with E-state index >= 15 is 0 Å². The van der Waals surface area contributed by atoms with Gasteiger partial charge in [-0.15, -0.1) is 24.0 Å². The van der Waals surface area contributed by atoms with Gasteiger partial charge in [0.1, 0.15) is 0 Å². The van der Waals surface area contributed by atoms with Gasteiger partial charge in [-0.25, -0.2) is 13.1 Å². The third-order valence-corrected chi connectivity index (χ3v) is 4.79. The van der Waals surface area contributed by atoms with Gasteiger partial charge in [0, 0.05) is 32.7 Å². The maximum absolute atomic E-state index is 11.4. The van der Waals surface area contributed by atoms with Crippen molar-refractivity contribution in [3.63, 3.8) is 0 Å². The van der Waals surface area contributed by atoms with Crippen LogP contribution in [0.2, 0.25) is 10.0 Å². The first-order valence-electron chi connectivity index (χ1n) is 7.28. The number of guanidine groups is 1. The van der Waals surface area contributed by atoms with Crippen molar-refractivity contribution in [1.29, 1.82) is 0 Å². The summed E-state index contributed by atoms with van der Waals surface area (Å²) in [7, 11) is 0.270. The van der Waals surface area contributed by atoms with Crippen LogP contribution < -0.4 is 10.0 Å². The van der Waals surface area contributed by atoms with E-state index in [2.05, 4.69) is 15.0 Å². The molecule has 0 fully saturated rings. The Hall–Kier alpha value is -0.290. The third-order valence-electron chi connectivity index (χ3n) is 3.13. The Morgan fingerprint density at radius 3 is 2.36 bits per heavy atom. The van der Waals surface area contributed by atoms with Gasteiger partial charge in [-0.1, -0.05) is 29.3 Å². The zero-order valence-corrected chi connectivity index (χ0v) is 19.6. The molecule has 1 aromatic rings. The highest BCUT2D eigenvalue weighted by Gasteiger charge is 2.23. The van der Waals surface area contributed by atoms with Gasteiger partial charge in [0.15, 0.2) is 5.96 Å². The minimum atomic E-state index is -3.28. The maximum atomic E-state index is 11.4. The molecule has 144 valence electrons. The van der Waals surface area contributed by atoms with Gasteiger partial charge in [-0.2, -0.15) is 0 Å². The highest BCUT2D eigenvalue weighted by molar-refractivity contribution is 14.0. The highest BCUT2D eigenvalue weighted by atomic mass is 127. The minimum absolute atomic E-state index is 0. The predicted octanol–water partition coefficient (Wildman–Crippen LogP) is 2.95. The van der Waals surface area contributed by atoms with Crippen LogP contribution in [0, 0.1) is 0 Å². The van der Waals surface area contributed by atoms with Crippen molar-refractivity contribution in [2.24, 2.45) is 4.99 Å². The zero-order chi connectivity index (χ0) is 18.5. The topological polar surface area (TPSA) is 73.8 Å². The van der Waals surface area contributed by atoms with Crippen molar-refractivity contribution in [1.82, 2.24) is 14.9 Å². The number of hydrogen-bond acceptors (Lipinski definition) is 3. The van der Waals surface area contributed by atoms with Gasteiger partial charge in [0.2, 0.25) is 10.0 Å². The molecular formula is C15H25Cl2IN4O2S. The lowest BCUT2D eigenvalue weighted by atomic mass is 10.1. The number of sulfonamides is 1. The van der Waals surface area contributed by atoms with Crippen molar-refractivity contribution in [3.8, 4) is 0 Å². The molecule has 0 heterocycles. The molecule has 0 aromatic heterocycles. The van der Waals surface area contributed by atoms with Crippen molar-refractivity contribution < 1.29 is 8.42 Å². The quantitative estimate of drug-likeness (QED) is 0.342. The van der Waals surface area contributed by atoms with E-state index in [0.717, 1.165) is 11.8 Å². The second kappa shape index (κ2) is 10.1. The number of aliphatic imine (C=N–C) groups is 1. The van der Waals surface area contributed by atoms with Crippen molar-refractivity contribution in [2.75, 3.05) is 26.9 Å². The molecule has 0 saturated heterocycles. The summed E-state index contributed by atoms with van der Waals surface area (Å²) in [5.41, 5.74) is 0.344. The van der Waals surface area contributed by atoms with Crippen molar-refractivity contribution in [2.45, 2.75) is 25.9 Å². The van der Waals surface area contributed by atoms with Gasteiger partial charge >= 0.3 is 0 Å². The molecule has 0 amide bonds. The number of benzene rings is 1. The standard InChI is InChI=1S/C15H24Cl2N4O2S.HI/c1-15(2,20-24(5,22)23)10-19-14(18-3)21(4)9-11-6-7-12(16)13(17)8-11;/h6-8,20H,9-10H2,1-5H3,(H,18,19);1H. The van der Waals surface area contributed by atoms with Crippen LogP contribution in [0.25, 0.3) is 0 Å². The van der Waals surface area contributed by atoms with Crippen molar-refractivity contribution >= 4 is 63.2 Å². The molecule has 2 N–H and O–H groups in total. The van der Waals surface area contributed by atoms with E-state index in [1.54, 1.807) is 27.0 Å². The van der Waals surface area contributed by atoms with E-state index in [0.29, 0.717) is 29.1 Å². The van der Waals surface area contributed by atoms with Gasteiger partial charge in [-0.3, -0.25) is 4.99 Å². The molecule has 1 aromatic carbocycles. The third kappa shape index (κ3) is 9.28. The Labute approximate surface area is 177 Å². The van der Waals surface area contributed by atoms with Gasteiger partial charge < -0.3 is 10.2 Å². The molecule has 1 rings (SSSR count). The Bertz CT molecular complexity index is 711. The molecule has 0 spiro atoms. The molecule has 0 aliphatic rings. The summed E-state index contributed by atoms with van der Waals surface area (Å²) in [5.74, 6) is 0.643. The summed E-state index contributed by atoms with van der Waals surface area (Å²) in [6.45, 7) is 4.57. The SMILES string of the molecule is CN=C(NCC(C)(C)NS(C)(=O)=O)N(C)Cc1ccc(Cl)c(Cl)c1.I. The molecule has 0 saturated carbocycles. The van der Waals surface area contributed by atoms with Crippen LogP contribution in [0.4, 0.5) is 0 Å². The molecule has 10 heteroatoms. The molecule has 0 atom stereocenters. The fourth-order valence-electron chi connectivity index (χ4n) is 2.21. The van der Waals surface area contributed by atoms with E-state index in [1.165, 1.54) is 0 Å². The van der Waals surface area contributed by atoms with Crippen molar-refractivity contribution in [3.05, 3.63) is 33.8 Å². The number of rotatable bonds is 6. The second-order valence-corrected chi connectivity index (χ2v) is 8.83. The first-order chi connectivity index (χ1) is 10.9. The van der Waals surface area contributed by atoms with E-state index in [-0.39, 0.29) is 24.0 Å². The summed E-state index contributed by atoms with van der Waals surface area (Å²) in [4.78, 5) is 6.13. The number of halogens is 3. The van der Waals surface area contributed by atoms with E-state index in [4.69, 9.17) is 23.2 Å². The largest absolute Gasteiger partial charge is 0.354 e. The summed E-state index contributed by atoms with van der Waals surface area (Å²) < 4.78 is 25.4. The van der Waals surface area contributed by atoms with Gasteiger partial charge in [0.05, 0.1) is 16.3 Å². The van der Waals surface area contributed by atoms with E-state index in [1.807, 2.05) is 24.1 Å². The number of nitrogens with one attached hydrogen (secondary N) is 2. The molecule has 0 bridgehead atoms. The smallest absolute Gasteiger partial charge is 0.209 e.